The number of rotatable bonds is 6. The summed E-state index contributed by atoms with van der Waals surface area (Å²) in [5.41, 5.74) is 0. The predicted molar refractivity (Wildman–Crippen MR) is 78.7 cm³/mol. The molecule has 0 atom stereocenters. The Kier molecular flexibility index (Phi) is 6.10. The molecule has 4 nitrogen and oxygen atoms in total. The van der Waals surface area contributed by atoms with Crippen molar-refractivity contribution in [2.24, 2.45) is 0 Å². The van der Waals surface area contributed by atoms with E-state index in [1.807, 2.05) is 0 Å². The molecule has 19 heavy (non-hydrogen) atoms. The van der Waals surface area contributed by atoms with Gasteiger partial charge in [-0.3, -0.25) is 0 Å². The smallest absolute Gasteiger partial charge is 0.213 e. The summed E-state index contributed by atoms with van der Waals surface area (Å²) in [5, 5.41) is 3.40. The lowest BCUT2D eigenvalue weighted by atomic mass is 9.96. The molecule has 0 aliphatic heterocycles. The first kappa shape index (κ1) is 15.3. The first-order valence-electron chi connectivity index (χ1n) is 7.89. The van der Waals surface area contributed by atoms with Crippen LogP contribution in [0.25, 0.3) is 0 Å². The van der Waals surface area contributed by atoms with E-state index in [0.29, 0.717) is 12.6 Å². The Morgan fingerprint density at radius 2 is 1.32 bits per heavy atom. The van der Waals surface area contributed by atoms with Gasteiger partial charge in [0, 0.05) is 18.6 Å². The zero-order valence-corrected chi connectivity index (χ0v) is 12.7. The summed E-state index contributed by atoms with van der Waals surface area (Å²) in [5.74, 6) is 0.222. The van der Waals surface area contributed by atoms with Crippen LogP contribution >= 0.6 is 0 Å². The zero-order valence-electron chi connectivity index (χ0n) is 11.9. The van der Waals surface area contributed by atoms with Crippen molar-refractivity contribution >= 4 is 10.0 Å². The Morgan fingerprint density at radius 1 is 0.789 bits per heavy atom. The van der Waals surface area contributed by atoms with Gasteiger partial charge in [-0.1, -0.05) is 38.5 Å². The normalized spacial score (nSPS) is 23.6. The minimum atomic E-state index is -3.09. The van der Waals surface area contributed by atoms with Crippen molar-refractivity contribution in [1.29, 1.82) is 0 Å². The molecule has 0 saturated heterocycles. The van der Waals surface area contributed by atoms with Gasteiger partial charge in [-0.25, -0.2) is 13.1 Å². The Morgan fingerprint density at radius 3 is 1.89 bits per heavy atom. The van der Waals surface area contributed by atoms with E-state index in [1.54, 1.807) is 0 Å². The third-order valence-electron chi connectivity index (χ3n) is 4.36. The van der Waals surface area contributed by atoms with Gasteiger partial charge in [0.25, 0.3) is 0 Å². The minimum absolute atomic E-state index is 0.188. The highest BCUT2D eigenvalue weighted by Gasteiger charge is 2.20. The molecular weight excluding hydrogens is 260 g/mol. The van der Waals surface area contributed by atoms with Gasteiger partial charge in [0.05, 0.1) is 5.75 Å². The molecular formula is C14H28N2O2S. The van der Waals surface area contributed by atoms with E-state index in [-0.39, 0.29) is 11.8 Å². The SMILES string of the molecule is O=S(=O)(CCNC1CCCCC1)NC1CCCCC1. The van der Waals surface area contributed by atoms with Crippen LogP contribution in [0.3, 0.4) is 0 Å². The molecule has 112 valence electrons. The average Bonchev–Trinajstić information content (AvgIpc) is 2.40. The van der Waals surface area contributed by atoms with E-state index < -0.39 is 10.0 Å². The molecule has 0 bridgehead atoms. The second kappa shape index (κ2) is 7.60. The minimum Gasteiger partial charge on any atom is -0.313 e. The summed E-state index contributed by atoms with van der Waals surface area (Å²) in [6, 6.07) is 0.729. The lowest BCUT2D eigenvalue weighted by molar-refractivity contribution is 0.379. The summed E-state index contributed by atoms with van der Waals surface area (Å²) in [7, 11) is -3.09. The molecule has 2 aliphatic rings. The molecule has 0 heterocycles. The fourth-order valence-electron chi connectivity index (χ4n) is 3.24. The molecule has 0 spiro atoms. The van der Waals surface area contributed by atoms with E-state index in [9.17, 15) is 8.42 Å². The van der Waals surface area contributed by atoms with Crippen molar-refractivity contribution in [1.82, 2.24) is 10.0 Å². The van der Waals surface area contributed by atoms with E-state index in [0.717, 1.165) is 25.7 Å². The fourth-order valence-corrected chi connectivity index (χ4v) is 4.49. The van der Waals surface area contributed by atoms with E-state index in [1.165, 1.54) is 38.5 Å². The van der Waals surface area contributed by atoms with Crippen molar-refractivity contribution in [3.05, 3.63) is 0 Å². The zero-order chi connectivity index (χ0) is 13.6. The molecule has 0 radical (unpaired) electrons. The maximum absolute atomic E-state index is 12.0. The van der Waals surface area contributed by atoms with Gasteiger partial charge in [0.2, 0.25) is 10.0 Å². The summed E-state index contributed by atoms with van der Waals surface area (Å²) < 4.78 is 26.8. The van der Waals surface area contributed by atoms with Crippen molar-refractivity contribution in [2.75, 3.05) is 12.3 Å². The maximum Gasteiger partial charge on any atom is 0.213 e. The second-order valence-corrected chi connectivity index (χ2v) is 7.93. The van der Waals surface area contributed by atoms with Gasteiger partial charge in [-0.2, -0.15) is 0 Å². The number of hydrogen-bond donors (Lipinski definition) is 2. The monoisotopic (exact) mass is 288 g/mol. The van der Waals surface area contributed by atoms with Crippen LogP contribution in [0.4, 0.5) is 0 Å². The van der Waals surface area contributed by atoms with Gasteiger partial charge in [0.1, 0.15) is 0 Å². The van der Waals surface area contributed by atoms with Crippen LogP contribution in [0.5, 0.6) is 0 Å². The molecule has 2 fully saturated rings. The van der Waals surface area contributed by atoms with Gasteiger partial charge < -0.3 is 5.32 Å². The van der Waals surface area contributed by atoms with Gasteiger partial charge in [-0.05, 0) is 25.7 Å². The fraction of sp³-hybridized carbons (Fsp3) is 1.00. The first-order chi connectivity index (χ1) is 9.16. The Balaban J connectivity index is 1.65. The van der Waals surface area contributed by atoms with Crippen LogP contribution in [0, 0.1) is 0 Å². The molecule has 0 aromatic rings. The quantitative estimate of drug-likeness (QED) is 0.787. The second-order valence-electron chi connectivity index (χ2n) is 6.06. The summed E-state index contributed by atoms with van der Waals surface area (Å²) >= 11 is 0. The van der Waals surface area contributed by atoms with Crippen molar-refractivity contribution in [2.45, 2.75) is 76.3 Å². The molecule has 5 heteroatoms. The van der Waals surface area contributed by atoms with E-state index in [2.05, 4.69) is 10.0 Å². The third-order valence-corrected chi connectivity index (χ3v) is 5.79. The van der Waals surface area contributed by atoms with Crippen molar-refractivity contribution < 1.29 is 8.42 Å². The van der Waals surface area contributed by atoms with Gasteiger partial charge in [-0.15, -0.1) is 0 Å². The highest BCUT2D eigenvalue weighted by molar-refractivity contribution is 7.89. The summed E-state index contributed by atoms with van der Waals surface area (Å²) in [4.78, 5) is 0. The van der Waals surface area contributed by atoms with Crippen LogP contribution in [-0.2, 0) is 10.0 Å². The largest absolute Gasteiger partial charge is 0.313 e. The lowest BCUT2D eigenvalue weighted by Gasteiger charge is -2.24. The summed E-state index contributed by atoms with van der Waals surface area (Å²) in [6.45, 7) is 0.590. The van der Waals surface area contributed by atoms with Crippen LogP contribution in [-0.4, -0.2) is 32.8 Å². The standard InChI is InChI=1S/C14H28N2O2S/c17-19(18,16-14-9-5-2-6-10-14)12-11-15-13-7-3-1-4-8-13/h13-16H,1-12H2. The van der Waals surface area contributed by atoms with Crippen LogP contribution in [0.15, 0.2) is 0 Å². The molecule has 0 aromatic heterocycles. The highest BCUT2D eigenvalue weighted by atomic mass is 32.2. The van der Waals surface area contributed by atoms with Crippen LogP contribution in [0.2, 0.25) is 0 Å². The molecule has 0 aromatic carbocycles. The van der Waals surface area contributed by atoms with Crippen LogP contribution < -0.4 is 10.0 Å². The molecule has 0 unspecified atom stereocenters. The van der Waals surface area contributed by atoms with Crippen LogP contribution in [0.1, 0.15) is 64.2 Å². The van der Waals surface area contributed by atoms with E-state index >= 15 is 0 Å². The predicted octanol–water partition coefficient (Wildman–Crippen LogP) is 2.16. The Hall–Kier alpha value is -0.130. The Labute approximate surface area is 117 Å². The highest BCUT2D eigenvalue weighted by Crippen LogP contribution is 2.18. The molecule has 2 rings (SSSR count). The molecule has 0 amide bonds. The van der Waals surface area contributed by atoms with Gasteiger partial charge in [0.15, 0.2) is 0 Å². The molecule has 2 saturated carbocycles. The van der Waals surface area contributed by atoms with Crippen molar-refractivity contribution in [3.8, 4) is 0 Å². The maximum atomic E-state index is 12.0. The molecule has 2 aliphatic carbocycles. The topological polar surface area (TPSA) is 58.2 Å². The number of sulfonamides is 1. The number of hydrogen-bond acceptors (Lipinski definition) is 3. The third kappa shape index (κ3) is 5.79. The van der Waals surface area contributed by atoms with E-state index in [4.69, 9.17) is 0 Å². The lowest BCUT2D eigenvalue weighted by Crippen LogP contribution is -2.41. The average molecular weight is 288 g/mol. The number of nitrogens with one attached hydrogen (secondary N) is 2. The van der Waals surface area contributed by atoms with Gasteiger partial charge >= 0.3 is 0 Å². The summed E-state index contributed by atoms with van der Waals surface area (Å²) in [6.07, 6.45) is 11.9. The Bertz CT molecular complexity index is 344. The first-order valence-corrected chi connectivity index (χ1v) is 9.54. The van der Waals surface area contributed by atoms with Crippen molar-refractivity contribution in [3.63, 3.8) is 0 Å². The molecule has 2 N–H and O–H groups in total.